The Balaban J connectivity index is 3.75. The number of carbonyl (C=O) groups excluding carboxylic acids is 1. The third-order valence-electron chi connectivity index (χ3n) is 1.25. The summed E-state index contributed by atoms with van der Waals surface area (Å²) in [6, 6.07) is 0. The molecular weight excluding hydrogens is 255 g/mol. The second kappa shape index (κ2) is 8.03. The highest BCUT2D eigenvalue weighted by molar-refractivity contribution is 9.00. The summed E-state index contributed by atoms with van der Waals surface area (Å²) in [5.41, 5.74) is 0. The summed E-state index contributed by atoms with van der Waals surface area (Å²) in [5.74, 6) is 1.34. The average Bonchev–Trinajstić information content (AvgIpc) is 2.13. The predicted molar refractivity (Wildman–Crippen MR) is 72.0 cm³/mol. The monoisotopic (exact) mass is 272 g/mol. The Hall–Kier alpha value is 0.820. The normalized spacial score (nSPS) is 14.8. The lowest BCUT2D eigenvalue weighted by Gasteiger charge is -2.14. The van der Waals surface area contributed by atoms with Crippen molar-refractivity contribution >= 4 is 45.0 Å². The maximum atomic E-state index is 11.1. The average molecular weight is 272 g/mol. The van der Waals surface area contributed by atoms with E-state index in [9.17, 15) is 4.79 Å². The summed E-state index contributed by atoms with van der Waals surface area (Å²) < 4.78 is 3.42. The maximum absolute atomic E-state index is 11.1. The Bertz CT molecular complexity index is 221. The van der Waals surface area contributed by atoms with E-state index in [0.29, 0.717) is 12.4 Å². The Morgan fingerprint density at radius 1 is 1.43 bits per heavy atom. The molecular formula is C8H17O2PS3. The van der Waals surface area contributed by atoms with Gasteiger partial charge in [-0.3, -0.25) is 4.79 Å². The van der Waals surface area contributed by atoms with Crippen molar-refractivity contribution in [2.45, 2.75) is 20.3 Å². The van der Waals surface area contributed by atoms with Gasteiger partial charge in [0.2, 0.25) is 0 Å². The number of hydrogen-bond acceptors (Lipinski definition) is 5. The molecule has 0 spiro atoms. The fraction of sp³-hybridized carbons (Fsp3) is 0.875. The molecule has 6 heteroatoms. The second-order valence-electron chi connectivity index (χ2n) is 2.68. The van der Waals surface area contributed by atoms with E-state index in [4.69, 9.17) is 16.5 Å². The van der Waals surface area contributed by atoms with E-state index in [1.807, 2.05) is 18.3 Å². The van der Waals surface area contributed by atoms with Gasteiger partial charge in [0.05, 0.1) is 16.8 Å². The lowest BCUT2D eigenvalue weighted by molar-refractivity contribution is -0.139. The lowest BCUT2D eigenvalue weighted by Crippen LogP contribution is -2.05. The molecule has 1 unspecified atom stereocenters. The first kappa shape index (κ1) is 14.8. The Morgan fingerprint density at radius 2 is 2.07 bits per heavy atom. The number of hydrogen-bond donors (Lipinski definition) is 0. The van der Waals surface area contributed by atoms with Crippen molar-refractivity contribution in [1.82, 2.24) is 0 Å². The van der Waals surface area contributed by atoms with Gasteiger partial charge in [0, 0.05) is 0 Å². The van der Waals surface area contributed by atoms with Crippen LogP contribution in [0.5, 0.6) is 0 Å². The second-order valence-corrected chi connectivity index (χ2v) is 15.6. The molecule has 0 N–H and O–H groups in total. The zero-order valence-electron chi connectivity index (χ0n) is 8.82. The van der Waals surface area contributed by atoms with Crippen molar-refractivity contribution < 1.29 is 9.53 Å². The standard InChI is InChI=1S/C8H17O2PS3/c1-4-6-13-11(3,12)14-7-8(9)10-5-2/h4-7H2,1-3H3. The molecule has 0 aliphatic carbocycles. The highest BCUT2D eigenvalue weighted by Crippen LogP contribution is 2.66. The summed E-state index contributed by atoms with van der Waals surface area (Å²) in [4.78, 5) is 11.1. The van der Waals surface area contributed by atoms with Gasteiger partial charge < -0.3 is 4.74 Å². The topological polar surface area (TPSA) is 26.3 Å². The van der Waals surface area contributed by atoms with E-state index < -0.39 is 4.44 Å². The van der Waals surface area contributed by atoms with Crippen LogP contribution in [0.3, 0.4) is 0 Å². The van der Waals surface area contributed by atoms with Crippen LogP contribution in [-0.4, -0.2) is 30.7 Å². The zero-order valence-corrected chi connectivity index (χ0v) is 12.2. The molecule has 0 amide bonds. The van der Waals surface area contributed by atoms with Crippen LogP contribution in [0.15, 0.2) is 0 Å². The van der Waals surface area contributed by atoms with E-state index in [0.717, 1.165) is 12.2 Å². The molecule has 0 saturated heterocycles. The summed E-state index contributed by atoms with van der Waals surface area (Å²) in [5, 5.41) is 0. The Morgan fingerprint density at radius 3 is 2.57 bits per heavy atom. The van der Waals surface area contributed by atoms with Gasteiger partial charge in [-0.15, -0.1) is 22.8 Å². The molecule has 0 aromatic rings. The molecule has 0 fully saturated rings. The minimum absolute atomic E-state index is 0.148. The van der Waals surface area contributed by atoms with Gasteiger partial charge in [-0.2, -0.15) is 0 Å². The number of carbonyl (C=O) groups is 1. The van der Waals surface area contributed by atoms with Gasteiger partial charge in [0.25, 0.3) is 0 Å². The maximum Gasteiger partial charge on any atom is 0.316 e. The molecule has 0 heterocycles. The molecule has 0 rings (SSSR count). The summed E-state index contributed by atoms with van der Waals surface area (Å²) in [6.07, 6.45) is 1.14. The van der Waals surface area contributed by atoms with Crippen LogP contribution >= 0.6 is 27.2 Å². The zero-order chi connectivity index (χ0) is 11.0. The van der Waals surface area contributed by atoms with E-state index in [1.54, 1.807) is 11.4 Å². The fourth-order valence-electron chi connectivity index (χ4n) is 0.667. The minimum atomic E-state index is -1.42. The first-order valence-corrected chi connectivity index (χ1v) is 11.0. The van der Waals surface area contributed by atoms with Gasteiger partial charge in [0.1, 0.15) is 0 Å². The number of rotatable bonds is 7. The van der Waals surface area contributed by atoms with Gasteiger partial charge in [0.15, 0.2) is 0 Å². The van der Waals surface area contributed by atoms with Crippen LogP contribution in [0.4, 0.5) is 0 Å². The van der Waals surface area contributed by atoms with Crippen molar-refractivity contribution in [2.75, 3.05) is 24.8 Å². The number of ether oxygens (including phenoxy) is 1. The van der Waals surface area contributed by atoms with Crippen molar-refractivity contribution in [2.24, 2.45) is 0 Å². The largest absolute Gasteiger partial charge is 0.465 e. The third-order valence-corrected chi connectivity index (χ3v) is 10.7. The quantitative estimate of drug-likeness (QED) is 0.523. The van der Waals surface area contributed by atoms with Crippen molar-refractivity contribution in [3.8, 4) is 0 Å². The summed E-state index contributed by atoms with van der Waals surface area (Å²) in [7, 11) is 0. The van der Waals surface area contributed by atoms with Crippen molar-refractivity contribution in [3.05, 3.63) is 0 Å². The van der Waals surface area contributed by atoms with Crippen molar-refractivity contribution in [3.63, 3.8) is 0 Å². The van der Waals surface area contributed by atoms with Gasteiger partial charge in [-0.25, -0.2) is 0 Å². The minimum Gasteiger partial charge on any atom is -0.465 e. The predicted octanol–water partition coefficient (Wildman–Crippen LogP) is 3.37. The first-order valence-electron chi connectivity index (χ1n) is 4.54. The molecule has 0 bridgehead atoms. The summed E-state index contributed by atoms with van der Waals surface area (Å²) >= 11 is 8.84. The fourth-order valence-corrected chi connectivity index (χ4v) is 7.43. The van der Waals surface area contributed by atoms with Gasteiger partial charge >= 0.3 is 5.97 Å². The van der Waals surface area contributed by atoms with Crippen molar-refractivity contribution in [1.29, 1.82) is 0 Å². The van der Waals surface area contributed by atoms with Crippen LogP contribution in [-0.2, 0) is 21.3 Å². The summed E-state index contributed by atoms with van der Waals surface area (Å²) in [6.45, 7) is 6.48. The highest BCUT2D eigenvalue weighted by Gasteiger charge is 2.13. The van der Waals surface area contributed by atoms with E-state index in [2.05, 4.69) is 13.6 Å². The van der Waals surface area contributed by atoms with Gasteiger partial charge in [-0.05, 0) is 25.8 Å². The molecule has 0 aromatic heterocycles. The van der Waals surface area contributed by atoms with E-state index in [-0.39, 0.29) is 5.97 Å². The molecule has 0 radical (unpaired) electrons. The van der Waals surface area contributed by atoms with Crippen LogP contribution in [0.2, 0.25) is 0 Å². The van der Waals surface area contributed by atoms with Crippen LogP contribution in [0, 0.1) is 0 Å². The Labute approximate surface area is 99.4 Å². The molecule has 14 heavy (non-hydrogen) atoms. The smallest absolute Gasteiger partial charge is 0.316 e. The molecule has 0 saturated carbocycles. The Kier molecular flexibility index (Phi) is 8.50. The molecule has 1 atom stereocenters. The molecule has 2 nitrogen and oxygen atoms in total. The molecule has 0 aliphatic rings. The number of esters is 1. The van der Waals surface area contributed by atoms with Crippen LogP contribution in [0.25, 0.3) is 0 Å². The third kappa shape index (κ3) is 8.16. The lowest BCUT2D eigenvalue weighted by atomic mass is 10.6. The first-order chi connectivity index (χ1) is 6.52. The SMILES string of the molecule is CCCSP(C)(=S)SCC(=O)OCC. The molecule has 0 aliphatic heterocycles. The van der Waals surface area contributed by atoms with Gasteiger partial charge in [-0.1, -0.05) is 18.7 Å². The van der Waals surface area contributed by atoms with Crippen LogP contribution in [0.1, 0.15) is 20.3 Å². The van der Waals surface area contributed by atoms with E-state index in [1.165, 1.54) is 0 Å². The van der Waals surface area contributed by atoms with Crippen LogP contribution < -0.4 is 0 Å². The molecule has 84 valence electrons. The van der Waals surface area contributed by atoms with E-state index >= 15 is 0 Å². The highest BCUT2D eigenvalue weighted by atomic mass is 33.2. The molecule has 0 aromatic carbocycles.